The summed E-state index contributed by atoms with van der Waals surface area (Å²) in [5.74, 6) is 0.576. The van der Waals surface area contributed by atoms with Gasteiger partial charge >= 0.3 is 0 Å². The van der Waals surface area contributed by atoms with Gasteiger partial charge in [-0.05, 0) is 26.3 Å². The number of nitrogens with zero attached hydrogens (tertiary/aromatic N) is 2. The van der Waals surface area contributed by atoms with E-state index in [0.29, 0.717) is 18.8 Å². The summed E-state index contributed by atoms with van der Waals surface area (Å²) in [5.41, 5.74) is -1.27. The largest absolute Gasteiger partial charge is 0.332 e. The third-order valence-electron chi connectivity index (χ3n) is 2.79. The van der Waals surface area contributed by atoms with Crippen LogP contribution in [0.5, 0.6) is 0 Å². The zero-order chi connectivity index (χ0) is 10.0. The lowest BCUT2D eigenvalue weighted by Crippen LogP contribution is -2.41. The molecule has 3 nitrogen and oxygen atoms in total. The summed E-state index contributed by atoms with van der Waals surface area (Å²) < 4.78 is 16.3. The van der Waals surface area contributed by atoms with Crippen LogP contribution in [-0.4, -0.2) is 22.6 Å². The summed E-state index contributed by atoms with van der Waals surface area (Å²) >= 11 is 0. The van der Waals surface area contributed by atoms with E-state index in [1.165, 1.54) is 0 Å². The maximum absolute atomic E-state index is 14.4. The number of halogens is 1. The topological polar surface area (TPSA) is 29.9 Å². The molecular formula is C10H16FN3. The van der Waals surface area contributed by atoms with Crippen LogP contribution in [0, 0.1) is 0 Å². The molecule has 14 heavy (non-hydrogen) atoms. The molecule has 0 saturated carbocycles. The van der Waals surface area contributed by atoms with Gasteiger partial charge in [0.1, 0.15) is 5.82 Å². The Balaban J connectivity index is 2.27. The molecule has 0 aliphatic carbocycles. The molecule has 78 valence electrons. The molecule has 1 fully saturated rings. The number of aromatic nitrogens is 2. The Hall–Kier alpha value is -0.900. The fourth-order valence-electron chi connectivity index (χ4n) is 2.02. The van der Waals surface area contributed by atoms with E-state index in [9.17, 15) is 4.39 Å². The molecule has 1 N–H and O–H groups in total. The predicted octanol–water partition coefficient (Wildman–Crippen LogP) is 1.45. The van der Waals surface area contributed by atoms with Crippen LogP contribution in [0.3, 0.4) is 0 Å². The van der Waals surface area contributed by atoms with Crippen LogP contribution < -0.4 is 5.32 Å². The van der Waals surface area contributed by atoms with Gasteiger partial charge in [-0.15, -0.1) is 0 Å². The first-order valence-electron chi connectivity index (χ1n) is 5.17. The third kappa shape index (κ3) is 1.54. The van der Waals surface area contributed by atoms with Crippen molar-refractivity contribution in [2.24, 2.45) is 0 Å². The van der Waals surface area contributed by atoms with E-state index in [1.807, 2.05) is 17.7 Å². The molecule has 1 aliphatic rings. The van der Waals surface area contributed by atoms with Crippen molar-refractivity contribution in [2.75, 3.05) is 13.1 Å². The Bertz CT molecular complexity index is 302. The van der Waals surface area contributed by atoms with Crippen molar-refractivity contribution in [1.82, 2.24) is 14.9 Å². The lowest BCUT2D eigenvalue weighted by atomic mass is 9.95. The Kier molecular flexibility index (Phi) is 2.54. The van der Waals surface area contributed by atoms with Gasteiger partial charge in [0.2, 0.25) is 0 Å². The molecule has 1 aliphatic heterocycles. The average Bonchev–Trinajstić information content (AvgIpc) is 2.67. The number of piperidine rings is 1. The molecule has 1 atom stereocenters. The summed E-state index contributed by atoms with van der Waals surface area (Å²) in [4.78, 5) is 4.13. The Morgan fingerprint density at radius 3 is 3.21 bits per heavy atom. The molecule has 0 bridgehead atoms. The molecule has 2 heterocycles. The summed E-state index contributed by atoms with van der Waals surface area (Å²) in [6.07, 6.45) is 4.98. The molecule has 0 amide bonds. The zero-order valence-electron chi connectivity index (χ0n) is 8.46. The van der Waals surface area contributed by atoms with Gasteiger partial charge in [0.15, 0.2) is 5.67 Å². The van der Waals surface area contributed by atoms with Crippen LogP contribution in [0.4, 0.5) is 4.39 Å². The van der Waals surface area contributed by atoms with Crippen LogP contribution in [0.2, 0.25) is 0 Å². The Labute approximate surface area is 83.3 Å². The van der Waals surface area contributed by atoms with E-state index in [2.05, 4.69) is 10.3 Å². The van der Waals surface area contributed by atoms with Crippen molar-refractivity contribution in [3.8, 4) is 0 Å². The van der Waals surface area contributed by atoms with Crippen LogP contribution in [0.15, 0.2) is 12.4 Å². The van der Waals surface area contributed by atoms with Crippen LogP contribution in [0.25, 0.3) is 0 Å². The van der Waals surface area contributed by atoms with Crippen molar-refractivity contribution < 1.29 is 4.39 Å². The highest BCUT2D eigenvalue weighted by atomic mass is 19.1. The number of imidazole rings is 1. The minimum atomic E-state index is -1.27. The average molecular weight is 197 g/mol. The number of aryl methyl sites for hydroxylation is 1. The van der Waals surface area contributed by atoms with E-state index in [4.69, 9.17) is 0 Å². The van der Waals surface area contributed by atoms with Gasteiger partial charge in [0, 0.05) is 25.5 Å². The molecular weight excluding hydrogens is 181 g/mol. The van der Waals surface area contributed by atoms with Crippen molar-refractivity contribution in [3.63, 3.8) is 0 Å². The molecule has 1 saturated heterocycles. The third-order valence-corrected chi connectivity index (χ3v) is 2.79. The molecule has 0 aromatic carbocycles. The van der Waals surface area contributed by atoms with Gasteiger partial charge in [-0.1, -0.05) is 0 Å². The fraction of sp³-hybridized carbons (Fsp3) is 0.700. The van der Waals surface area contributed by atoms with Crippen LogP contribution in [0.1, 0.15) is 25.6 Å². The Morgan fingerprint density at radius 2 is 2.57 bits per heavy atom. The van der Waals surface area contributed by atoms with Gasteiger partial charge in [-0.3, -0.25) is 0 Å². The molecule has 1 aromatic heterocycles. The van der Waals surface area contributed by atoms with Crippen molar-refractivity contribution in [3.05, 3.63) is 18.2 Å². The number of hydrogen-bond donors (Lipinski definition) is 1. The first-order chi connectivity index (χ1) is 6.76. The number of rotatable bonds is 2. The van der Waals surface area contributed by atoms with Crippen LogP contribution in [-0.2, 0) is 12.2 Å². The van der Waals surface area contributed by atoms with Gasteiger partial charge in [-0.25, -0.2) is 9.37 Å². The SMILES string of the molecule is CCn1ccnc1C1(F)CCCNC1. The van der Waals surface area contributed by atoms with Crippen LogP contribution >= 0.6 is 0 Å². The summed E-state index contributed by atoms with van der Waals surface area (Å²) in [6, 6.07) is 0. The lowest BCUT2D eigenvalue weighted by Gasteiger charge is -2.29. The molecule has 0 radical (unpaired) electrons. The highest BCUT2D eigenvalue weighted by Crippen LogP contribution is 2.31. The van der Waals surface area contributed by atoms with Gasteiger partial charge in [0.25, 0.3) is 0 Å². The molecule has 2 rings (SSSR count). The summed E-state index contributed by atoms with van der Waals surface area (Å²) in [6.45, 7) is 4.09. The minimum absolute atomic E-state index is 0.393. The molecule has 0 spiro atoms. The highest BCUT2D eigenvalue weighted by Gasteiger charge is 2.37. The van der Waals surface area contributed by atoms with E-state index >= 15 is 0 Å². The maximum Gasteiger partial charge on any atom is 0.180 e. The van der Waals surface area contributed by atoms with Gasteiger partial charge < -0.3 is 9.88 Å². The summed E-state index contributed by atoms with van der Waals surface area (Å²) in [7, 11) is 0. The predicted molar refractivity (Wildman–Crippen MR) is 52.8 cm³/mol. The quantitative estimate of drug-likeness (QED) is 0.777. The first-order valence-corrected chi connectivity index (χ1v) is 5.17. The standard InChI is InChI=1S/C10H16FN3/c1-2-14-7-6-13-9(14)10(11)4-3-5-12-8-10/h6-7,12H,2-5,8H2,1H3. The second kappa shape index (κ2) is 3.69. The smallest absolute Gasteiger partial charge is 0.180 e. The zero-order valence-corrected chi connectivity index (χ0v) is 8.46. The molecule has 4 heteroatoms. The maximum atomic E-state index is 14.4. The van der Waals surface area contributed by atoms with Crippen molar-refractivity contribution in [2.45, 2.75) is 32.0 Å². The van der Waals surface area contributed by atoms with Crippen molar-refractivity contribution >= 4 is 0 Å². The second-order valence-electron chi connectivity index (χ2n) is 3.78. The monoisotopic (exact) mass is 197 g/mol. The van der Waals surface area contributed by atoms with E-state index in [0.717, 1.165) is 19.5 Å². The Morgan fingerprint density at radius 1 is 1.71 bits per heavy atom. The highest BCUT2D eigenvalue weighted by molar-refractivity contribution is 5.07. The van der Waals surface area contributed by atoms with Crippen molar-refractivity contribution in [1.29, 1.82) is 0 Å². The van der Waals surface area contributed by atoms with E-state index in [1.54, 1.807) is 6.20 Å². The number of nitrogens with one attached hydrogen (secondary N) is 1. The van der Waals surface area contributed by atoms with E-state index in [-0.39, 0.29) is 0 Å². The number of alkyl halides is 1. The normalized spacial score (nSPS) is 27.9. The van der Waals surface area contributed by atoms with E-state index < -0.39 is 5.67 Å². The first kappa shape index (κ1) is 9.65. The summed E-state index contributed by atoms with van der Waals surface area (Å²) in [5, 5.41) is 3.09. The van der Waals surface area contributed by atoms with Gasteiger partial charge in [0.05, 0.1) is 0 Å². The van der Waals surface area contributed by atoms with Gasteiger partial charge in [-0.2, -0.15) is 0 Å². The molecule has 1 unspecified atom stereocenters. The number of hydrogen-bond acceptors (Lipinski definition) is 2. The molecule has 1 aromatic rings. The fourth-order valence-corrected chi connectivity index (χ4v) is 2.02. The minimum Gasteiger partial charge on any atom is -0.332 e. The second-order valence-corrected chi connectivity index (χ2v) is 3.78. The lowest BCUT2D eigenvalue weighted by molar-refractivity contribution is 0.106.